The summed E-state index contributed by atoms with van der Waals surface area (Å²) in [6.07, 6.45) is 1.27. The van der Waals surface area contributed by atoms with E-state index in [1.807, 2.05) is 0 Å². The van der Waals surface area contributed by atoms with Gasteiger partial charge >= 0.3 is 5.97 Å². The highest BCUT2D eigenvalue weighted by Crippen LogP contribution is 2.29. The van der Waals surface area contributed by atoms with Crippen molar-refractivity contribution in [2.75, 3.05) is 10.1 Å². The molecule has 0 saturated heterocycles. The van der Waals surface area contributed by atoms with Gasteiger partial charge in [-0.2, -0.15) is 10.2 Å². The minimum absolute atomic E-state index is 0.142. The van der Waals surface area contributed by atoms with Crippen molar-refractivity contribution < 1.29 is 27.6 Å². The molecule has 0 aliphatic rings. The second-order valence-electron chi connectivity index (χ2n) is 7.94. The molecule has 0 amide bonds. The third kappa shape index (κ3) is 5.86. The molecule has 0 aliphatic heterocycles. The van der Waals surface area contributed by atoms with E-state index in [9.17, 15) is 32.8 Å². The second kappa shape index (κ2) is 10.9. The van der Waals surface area contributed by atoms with E-state index in [2.05, 4.69) is 20.3 Å². The minimum atomic E-state index is -4.53. The predicted molar refractivity (Wildman–Crippen MR) is 142 cm³/mol. The molecule has 4 aromatic rings. The van der Waals surface area contributed by atoms with Gasteiger partial charge in [-0.1, -0.05) is 23.7 Å². The average molecular weight is 573 g/mol. The van der Waals surface area contributed by atoms with Crippen LogP contribution in [0.4, 0.5) is 21.5 Å². The van der Waals surface area contributed by atoms with Crippen LogP contribution >= 0.6 is 11.6 Å². The Morgan fingerprint density at radius 1 is 1.15 bits per heavy atom. The van der Waals surface area contributed by atoms with Crippen LogP contribution in [-0.2, 0) is 10.0 Å². The van der Waals surface area contributed by atoms with E-state index in [0.717, 1.165) is 18.2 Å². The fourth-order valence-corrected chi connectivity index (χ4v) is 5.05. The van der Waals surface area contributed by atoms with Crippen LogP contribution in [0, 0.1) is 22.9 Å². The number of nitrogens with zero attached hydrogens (tertiary/aromatic N) is 4. The summed E-state index contributed by atoms with van der Waals surface area (Å²) in [5.74, 6) is -1.80. The maximum Gasteiger partial charge on any atom is 0.337 e. The van der Waals surface area contributed by atoms with E-state index in [0.29, 0.717) is 16.9 Å². The number of para-hydroxylation sites is 1. The molecule has 3 N–H and O–H groups in total. The number of hydrazone groups is 1. The Kier molecular flexibility index (Phi) is 7.60. The number of benzene rings is 3. The number of nitrogens with one attached hydrogen (secondary N) is 2. The number of carbonyl (C=O) groups is 1. The van der Waals surface area contributed by atoms with Gasteiger partial charge in [0, 0.05) is 12.1 Å². The Morgan fingerprint density at radius 3 is 2.51 bits per heavy atom. The van der Waals surface area contributed by atoms with E-state index < -0.39 is 37.3 Å². The number of aromatic nitrogens is 2. The molecule has 0 saturated carbocycles. The number of nitro benzene ring substituents is 1. The third-order valence-corrected chi connectivity index (χ3v) is 7.13. The van der Waals surface area contributed by atoms with Gasteiger partial charge in [0.25, 0.3) is 15.7 Å². The van der Waals surface area contributed by atoms with E-state index >= 15 is 0 Å². The lowest BCUT2D eigenvalue weighted by atomic mass is 10.2. The summed E-state index contributed by atoms with van der Waals surface area (Å²) in [4.78, 5) is 21.5. The first kappa shape index (κ1) is 27.2. The molecule has 4 rings (SSSR count). The molecule has 15 heteroatoms. The van der Waals surface area contributed by atoms with Crippen molar-refractivity contribution in [2.45, 2.75) is 11.8 Å². The summed E-state index contributed by atoms with van der Waals surface area (Å²) in [5.41, 5.74) is 2.64. The quantitative estimate of drug-likeness (QED) is 0.145. The van der Waals surface area contributed by atoms with Gasteiger partial charge < -0.3 is 5.11 Å². The molecule has 0 fully saturated rings. The Morgan fingerprint density at radius 2 is 1.85 bits per heavy atom. The summed E-state index contributed by atoms with van der Waals surface area (Å²) in [6.45, 7) is 1.65. The summed E-state index contributed by atoms with van der Waals surface area (Å²) < 4.78 is 43.2. The van der Waals surface area contributed by atoms with Crippen LogP contribution in [0.15, 0.2) is 76.7 Å². The monoisotopic (exact) mass is 572 g/mol. The van der Waals surface area contributed by atoms with Crippen LogP contribution in [0.25, 0.3) is 5.69 Å². The van der Waals surface area contributed by atoms with Crippen LogP contribution in [0.5, 0.6) is 0 Å². The molecule has 1 aromatic heterocycles. The Labute approximate surface area is 225 Å². The topological polar surface area (TPSA) is 169 Å². The van der Waals surface area contributed by atoms with Gasteiger partial charge in [0.05, 0.1) is 45.0 Å². The first-order chi connectivity index (χ1) is 18.5. The Bertz CT molecular complexity index is 1720. The number of hydrogen-bond acceptors (Lipinski definition) is 8. The van der Waals surface area contributed by atoms with Crippen molar-refractivity contribution >= 4 is 50.9 Å². The number of nitro groups is 1. The molecule has 0 bridgehead atoms. The molecule has 3 aromatic carbocycles. The third-order valence-electron chi connectivity index (χ3n) is 5.37. The maximum atomic E-state index is 13.3. The molecular formula is C24H18ClFN6O6S. The highest BCUT2D eigenvalue weighted by molar-refractivity contribution is 7.93. The van der Waals surface area contributed by atoms with Crippen LogP contribution < -0.4 is 10.1 Å². The van der Waals surface area contributed by atoms with Gasteiger partial charge in [0.2, 0.25) is 0 Å². The number of hydrogen-bond donors (Lipinski definition) is 3. The number of carboxylic acids is 1. The normalized spacial score (nSPS) is 11.5. The van der Waals surface area contributed by atoms with Gasteiger partial charge in [0.1, 0.15) is 15.9 Å². The zero-order valence-corrected chi connectivity index (χ0v) is 21.4. The number of sulfonamides is 1. The van der Waals surface area contributed by atoms with Crippen molar-refractivity contribution in [1.82, 2.24) is 9.78 Å². The fourth-order valence-electron chi connectivity index (χ4n) is 3.48. The van der Waals surface area contributed by atoms with Crippen molar-refractivity contribution in [2.24, 2.45) is 5.10 Å². The number of halogens is 2. The number of carboxylic acid groups (broad SMARTS) is 1. The molecule has 1 heterocycles. The zero-order valence-electron chi connectivity index (χ0n) is 19.9. The first-order valence-corrected chi connectivity index (χ1v) is 12.8. The number of rotatable bonds is 9. The standard InChI is InChI=1S/C24H18ClFN6O6S/c1-14-19(23(25)31(29-14)16-8-6-15(26)7-9-16)13-27-28-21-11-10-17(32(35)36)12-22(21)39(37,38)30-20-5-3-2-4-18(20)24(33)34/h2-13,28,30H,1H3,(H,33,34). The number of non-ortho nitro benzene ring substituents is 1. The molecule has 0 atom stereocenters. The van der Waals surface area contributed by atoms with E-state index in [4.69, 9.17) is 11.6 Å². The molecular weight excluding hydrogens is 555 g/mol. The molecule has 39 heavy (non-hydrogen) atoms. The van der Waals surface area contributed by atoms with E-state index in [-0.39, 0.29) is 22.1 Å². The lowest BCUT2D eigenvalue weighted by Gasteiger charge is -2.13. The molecule has 0 radical (unpaired) electrons. The largest absolute Gasteiger partial charge is 0.478 e. The van der Waals surface area contributed by atoms with Crippen LogP contribution in [0.1, 0.15) is 21.6 Å². The van der Waals surface area contributed by atoms with Crippen LogP contribution in [-0.4, -0.2) is 40.4 Å². The van der Waals surface area contributed by atoms with Crippen LogP contribution in [0.3, 0.4) is 0 Å². The average Bonchev–Trinajstić information content (AvgIpc) is 3.17. The molecule has 0 aliphatic carbocycles. The second-order valence-corrected chi connectivity index (χ2v) is 9.95. The van der Waals surface area contributed by atoms with E-state index in [1.165, 1.54) is 59.4 Å². The smallest absolute Gasteiger partial charge is 0.337 e. The highest BCUT2D eigenvalue weighted by Gasteiger charge is 2.24. The number of aryl methyl sites for hydroxylation is 1. The number of aromatic carboxylic acids is 1. The summed E-state index contributed by atoms with van der Waals surface area (Å²) in [7, 11) is -4.53. The minimum Gasteiger partial charge on any atom is -0.478 e. The summed E-state index contributed by atoms with van der Waals surface area (Å²) in [6, 6.07) is 13.8. The molecule has 200 valence electrons. The van der Waals surface area contributed by atoms with Crippen LogP contribution in [0.2, 0.25) is 5.15 Å². The molecule has 0 spiro atoms. The predicted octanol–water partition coefficient (Wildman–Crippen LogP) is 4.83. The molecule has 12 nitrogen and oxygen atoms in total. The summed E-state index contributed by atoms with van der Waals surface area (Å²) in [5, 5.41) is 29.2. The lowest BCUT2D eigenvalue weighted by Crippen LogP contribution is -2.17. The first-order valence-electron chi connectivity index (χ1n) is 10.9. The SMILES string of the molecule is Cc1nn(-c2ccc(F)cc2)c(Cl)c1C=NNc1ccc([N+](=O)[O-])cc1S(=O)(=O)Nc1ccccc1C(=O)O. The van der Waals surface area contributed by atoms with Crippen molar-refractivity contribution in [3.05, 3.63) is 105 Å². The van der Waals surface area contributed by atoms with Crippen molar-refractivity contribution in [3.8, 4) is 5.69 Å². The Balaban J connectivity index is 1.67. The molecule has 0 unspecified atom stereocenters. The van der Waals surface area contributed by atoms with E-state index in [1.54, 1.807) is 6.92 Å². The van der Waals surface area contributed by atoms with Gasteiger partial charge in [-0.3, -0.25) is 20.3 Å². The number of anilines is 2. The highest BCUT2D eigenvalue weighted by atomic mass is 35.5. The summed E-state index contributed by atoms with van der Waals surface area (Å²) >= 11 is 6.43. The lowest BCUT2D eigenvalue weighted by molar-refractivity contribution is -0.385. The van der Waals surface area contributed by atoms with Gasteiger partial charge in [-0.15, -0.1) is 0 Å². The van der Waals surface area contributed by atoms with Crippen molar-refractivity contribution in [1.29, 1.82) is 0 Å². The Hall–Kier alpha value is -4.82. The van der Waals surface area contributed by atoms with Gasteiger partial charge in [0.15, 0.2) is 0 Å². The van der Waals surface area contributed by atoms with Crippen molar-refractivity contribution in [3.63, 3.8) is 0 Å². The maximum absolute atomic E-state index is 13.3. The van der Waals surface area contributed by atoms with Gasteiger partial charge in [-0.05, 0) is 49.4 Å². The fraction of sp³-hybridized carbons (Fsp3) is 0.0417. The van der Waals surface area contributed by atoms with Gasteiger partial charge in [-0.25, -0.2) is 22.3 Å². The zero-order chi connectivity index (χ0) is 28.3.